The Morgan fingerprint density at radius 3 is 2.89 bits per heavy atom. The second-order valence-corrected chi connectivity index (χ2v) is 6.98. The number of nitrogens with one attached hydrogen (secondary N) is 1. The first-order chi connectivity index (χ1) is 13.2. The summed E-state index contributed by atoms with van der Waals surface area (Å²) in [7, 11) is 0. The van der Waals surface area contributed by atoms with Crippen molar-refractivity contribution in [1.29, 1.82) is 0 Å². The molecule has 0 atom stereocenters. The zero-order chi connectivity index (χ0) is 18.6. The Labute approximate surface area is 156 Å². The van der Waals surface area contributed by atoms with E-state index in [1.807, 2.05) is 24.3 Å². The van der Waals surface area contributed by atoms with E-state index in [-0.39, 0.29) is 17.9 Å². The predicted octanol–water partition coefficient (Wildman–Crippen LogP) is 2.40. The Kier molecular flexibility index (Phi) is 5.00. The fourth-order valence-corrected chi connectivity index (χ4v) is 3.65. The Morgan fingerprint density at radius 1 is 1.26 bits per heavy atom. The highest BCUT2D eigenvalue weighted by Crippen LogP contribution is 2.32. The number of carbonyl (C=O) groups is 1. The van der Waals surface area contributed by atoms with E-state index in [2.05, 4.69) is 15.5 Å². The summed E-state index contributed by atoms with van der Waals surface area (Å²) in [6, 6.07) is 9.08. The van der Waals surface area contributed by atoms with Crippen molar-refractivity contribution in [2.24, 2.45) is 0 Å². The number of para-hydroxylation sites is 1. The second-order valence-electron chi connectivity index (χ2n) is 6.98. The van der Waals surface area contributed by atoms with Crippen LogP contribution >= 0.6 is 0 Å². The van der Waals surface area contributed by atoms with Crippen molar-refractivity contribution >= 4 is 16.9 Å². The molecule has 0 aliphatic heterocycles. The smallest absolute Gasteiger partial charge is 0.253 e. The molecule has 7 nitrogen and oxygen atoms in total. The minimum atomic E-state index is -0.155. The van der Waals surface area contributed by atoms with E-state index in [1.165, 1.54) is 17.4 Å². The fraction of sp³-hybridized carbons (Fsp3) is 0.400. The Morgan fingerprint density at radius 2 is 2.07 bits per heavy atom. The Hall–Kier alpha value is -2.96. The molecule has 2 heterocycles. The molecule has 140 valence electrons. The molecule has 3 aromatic rings. The molecule has 0 spiro atoms. The predicted molar refractivity (Wildman–Crippen MR) is 100 cm³/mol. The first-order valence-electron chi connectivity index (χ1n) is 9.37. The van der Waals surface area contributed by atoms with Gasteiger partial charge >= 0.3 is 0 Å². The molecule has 4 rings (SSSR count). The van der Waals surface area contributed by atoms with Crippen LogP contribution in [-0.2, 0) is 17.8 Å². The summed E-state index contributed by atoms with van der Waals surface area (Å²) < 4.78 is 6.74. The number of amides is 1. The van der Waals surface area contributed by atoms with Crippen LogP contribution in [0.15, 0.2) is 46.0 Å². The quantitative estimate of drug-likeness (QED) is 0.723. The van der Waals surface area contributed by atoms with Gasteiger partial charge in [0.15, 0.2) is 5.58 Å². The molecule has 2 aromatic heterocycles. The lowest BCUT2D eigenvalue weighted by molar-refractivity contribution is -0.120. The molecule has 1 aromatic carbocycles. The van der Waals surface area contributed by atoms with Crippen LogP contribution in [0.1, 0.15) is 43.0 Å². The van der Waals surface area contributed by atoms with Crippen LogP contribution in [0.2, 0.25) is 0 Å². The standard InChI is InChI=1S/C20H22N4O3/c25-19(11-17-15-7-3-4-8-18(15)27-23-17)21-9-10-24-13-22-16(12-20(24)26)14-5-1-2-6-14/h3-4,7-8,12-14H,1-2,5-6,9-11H2,(H,21,25). The zero-order valence-electron chi connectivity index (χ0n) is 15.1. The summed E-state index contributed by atoms with van der Waals surface area (Å²) in [6.07, 6.45) is 6.38. The Bertz CT molecular complexity index is 1000. The van der Waals surface area contributed by atoms with Crippen molar-refractivity contribution in [3.63, 3.8) is 0 Å². The van der Waals surface area contributed by atoms with Crippen LogP contribution in [0, 0.1) is 0 Å². The van der Waals surface area contributed by atoms with Gasteiger partial charge < -0.3 is 9.84 Å². The summed E-state index contributed by atoms with van der Waals surface area (Å²) in [5, 5.41) is 7.63. The number of carbonyl (C=O) groups excluding carboxylic acids is 1. The van der Waals surface area contributed by atoms with Gasteiger partial charge in [-0.05, 0) is 25.0 Å². The highest BCUT2D eigenvalue weighted by molar-refractivity contribution is 5.86. The van der Waals surface area contributed by atoms with Gasteiger partial charge in [0.1, 0.15) is 5.69 Å². The molecule has 0 bridgehead atoms. The zero-order valence-corrected chi connectivity index (χ0v) is 15.1. The number of rotatable bonds is 6. The maximum absolute atomic E-state index is 12.3. The SMILES string of the molecule is O=C(Cc1noc2ccccc12)NCCn1cnc(C2CCCC2)cc1=O. The summed E-state index contributed by atoms with van der Waals surface area (Å²) in [5.74, 6) is 0.266. The molecular weight excluding hydrogens is 344 g/mol. The molecule has 1 aliphatic carbocycles. The van der Waals surface area contributed by atoms with Crippen molar-refractivity contribution in [1.82, 2.24) is 20.0 Å². The Balaban J connectivity index is 1.31. The van der Waals surface area contributed by atoms with E-state index in [1.54, 1.807) is 12.4 Å². The van der Waals surface area contributed by atoms with Crippen molar-refractivity contribution in [2.45, 2.75) is 44.6 Å². The molecular formula is C20H22N4O3. The highest BCUT2D eigenvalue weighted by Gasteiger charge is 2.19. The lowest BCUT2D eigenvalue weighted by Gasteiger charge is -2.10. The van der Waals surface area contributed by atoms with Gasteiger partial charge in [-0.1, -0.05) is 30.1 Å². The minimum Gasteiger partial charge on any atom is -0.356 e. The summed E-state index contributed by atoms with van der Waals surface area (Å²) in [4.78, 5) is 28.9. The third-order valence-electron chi connectivity index (χ3n) is 5.13. The number of nitrogens with zero attached hydrogens (tertiary/aromatic N) is 3. The number of hydrogen-bond acceptors (Lipinski definition) is 5. The minimum absolute atomic E-state index is 0.0661. The van der Waals surface area contributed by atoms with Gasteiger partial charge in [0.05, 0.1) is 18.4 Å². The summed E-state index contributed by atoms with van der Waals surface area (Å²) >= 11 is 0. The van der Waals surface area contributed by atoms with Gasteiger partial charge in [0.2, 0.25) is 5.91 Å². The van der Waals surface area contributed by atoms with Crippen LogP contribution in [0.4, 0.5) is 0 Å². The largest absolute Gasteiger partial charge is 0.356 e. The molecule has 0 radical (unpaired) electrons. The molecule has 1 saturated carbocycles. The lowest BCUT2D eigenvalue weighted by Crippen LogP contribution is -2.32. The van der Waals surface area contributed by atoms with Crippen molar-refractivity contribution in [3.8, 4) is 0 Å². The van der Waals surface area contributed by atoms with E-state index >= 15 is 0 Å². The van der Waals surface area contributed by atoms with Crippen LogP contribution in [-0.4, -0.2) is 27.2 Å². The summed E-state index contributed by atoms with van der Waals surface area (Å²) in [5.41, 5.74) is 2.11. The summed E-state index contributed by atoms with van der Waals surface area (Å²) in [6.45, 7) is 0.751. The van der Waals surface area contributed by atoms with E-state index < -0.39 is 0 Å². The first kappa shape index (κ1) is 17.5. The average Bonchev–Trinajstić information content (AvgIpc) is 3.34. The van der Waals surface area contributed by atoms with Gasteiger partial charge in [-0.15, -0.1) is 0 Å². The molecule has 1 N–H and O–H groups in total. The maximum atomic E-state index is 12.3. The van der Waals surface area contributed by atoms with Gasteiger partial charge in [0.25, 0.3) is 5.56 Å². The van der Waals surface area contributed by atoms with E-state index in [0.29, 0.717) is 30.3 Å². The van der Waals surface area contributed by atoms with Crippen LogP contribution < -0.4 is 10.9 Å². The molecule has 7 heteroatoms. The maximum Gasteiger partial charge on any atom is 0.253 e. The average molecular weight is 366 g/mol. The van der Waals surface area contributed by atoms with Crippen LogP contribution in [0.5, 0.6) is 0 Å². The third kappa shape index (κ3) is 3.92. The number of aromatic nitrogens is 3. The molecule has 0 unspecified atom stereocenters. The number of benzene rings is 1. The van der Waals surface area contributed by atoms with E-state index in [4.69, 9.17) is 4.52 Å². The van der Waals surface area contributed by atoms with Crippen LogP contribution in [0.25, 0.3) is 11.0 Å². The topological polar surface area (TPSA) is 90.0 Å². The molecule has 1 aliphatic rings. The lowest BCUT2D eigenvalue weighted by atomic mass is 10.0. The van der Waals surface area contributed by atoms with Crippen molar-refractivity contribution < 1.29 is 9.32 Å². The van der Waals surface area contributed by atoms with Crippen molar-refractivity contribution in [3.05, 3.63) is 58.4 Å². The molecule has 1 amide bonds. The van der Waals surface area contributed by atoms with Crippen LogP contribution in [0.3, 0.4) is 0 Å². The molecule has 27 heavy (non-hydrogen) atoms. The molecule has 0 saturated heterocycles. The normalized spacial score (nSPS) is 14.7. The third-order valence-corrected chi connectivity index (χ3v) is 5.13. The molecule has 1 fully saturated rings. The fourth-order valence-electron chi connectivity index (χ4n) is 3.65. The van der Waals surface area contributed by atoms with Gasteiger partial charge in [-0.25, -0.2) is 4.98 Å². The van der Waals surface area contributed by atoms with Gasteiger partial charge in [-0.2, -0.15) is 0 Å². The monoisotopic (exact) mass is 366 g/mol. The number of fused-ring (bicyclic) bond motifs is 1. The van der Waals surface area contributed by atoms with E-state index in [0.717, 1.165) is 23.9 Å². The van der Waals surface area contributed by atoms with Gasteiger partial charge in [-0.3, -0.25) is 14.2 Å². The van der Waals surface area contributed by atoms with Gasteiger partial charge in [0, 0.05) is 30.5 Å². The highest BCUT2D eigenvalue weighted by atomic mass is 16.5. The van der Waals surface area contributed by atoms with Crippen molar-refractivity contribution in [2.75, 3.05) is 6.54 Å². The first-order valence-corrected chi connectivity index (χ1v) is 9.37. The second kappa shape index (κ2) is 7.73. The number of hydrogen-bond donors (Lipinski definition) is 1. The van der Waals surface area contributed by atoms with E-state index in [9.17, 15) is 9.59 Å².